The van der Waals surface area contributed by atoms with E-state index in [1.807, 2.05) is 12.1 Å². The van der Waals surface area contributed by atoms with Crippen LogP contribution in [0.1, 0.15) is 48.5 Å². The fourth-order valence-electron chi connectivity index (χ4n) is 2.67. The van der Waals surface area contributed by atoms with Crippen molar-refractivity contribution >= 4 is 5.78 Å². The van der Waals surface area contributed by atoms with E-state index in [2.05, 4.69) is 24.0 Å². The summed E-state index contributed by atoms with van der Waals surface area (Å²) in [5.74, 6) is 0.217. The van der Waals surface area contributed by atoms with Crippen LogP contribution in [0.3, 0.4) is 0 Å². The fourth-order valence-corrected chi connectivity index (χ4v) is 2.67. The largest absolute Gasteiger partial charge is 0.379 e. The highest BCUT2D eigenvalue weighted by molar-refractivity contribution is 5.97. The van der Waals surface area contributed by atoms with Crippen LogP contribution >= 0.6 is 0 Å². The number of carbonyl (C=O) groups excluding carboxylic acids is 1. The van der Waals surface area contributed by atoms with E-state index in [1.165, 1.54) is 31.2 Å². The van der Waals surface area contributed by atoms with E-state index in [0.29, 0.717) is 6.54 Å². The van der Waals surface area contributed by atoms with Crippen molar-refractivity contribution in [1.29, 1.82) is 0 Å². The Morgan fingerprint density at radius 2 is 1.81 bits per heavy atom. The maximum Gasteiger partial charge on any atom is 0.176 e. The summed E-state index contributed by atoms with van der Waals surface area (Å²) in [6.45, 7) is 5.95. The third-order valence-electron chi connectivity index (χ3n) is 4.07. The van der Waals surface area contributed by atoms with Gasteiger partial charge in [-0.3, -0.25) is 9.69 Å². The Morgan fingerprint density at radius 3 is 2.48 bits per heavy atom. The highest BCUT2D eigenvalue weighted by Crippen LogP contribution is 2.11. The van der Waals surface area contributed by atoms with E-state index in [9.17, 15) is 4.79 Å². The summed E-state index contributed by atoms with van der Waals surface area (Å²) in [5, 5.41) is 0. The number of nitrogens with zero attached hydrogens (tertiary/aromatic N) is 1. The predicted molar refractivity (Wildman–Crippen MR) is 85.9 cm³/mol. The number of rotatable bonds is 8. The minimum Gasteiger partial charge on any atom is -0.379 e. The minimum atomic E-state index is 0.217. The molecule has 3 heteroatoms. The van der Waals surface area contributed by atoms with E-state index in [-0.39, 0.29) is 5.78 Å². The zero-order valence-corrected chi connectivity index (χ0v) is 13.1. The smallest absolute Gasteiger partial charge is 0.176 e. The van der Waals surface area contributed by atoms with Crippen molar-refractivity contribution in [3.8, 4) is 0 Å². The number of unbranched alkanes of at least 4 members (excludes halogenated alkanes) is 3. The number of carbonyl (C=O) groups is 1. The quantitative estimate of drug-likeness (QED) is 0.543. The topological polar surface area (TPSA) is 29.5 Å². The van der Waals surface area contributed by atoms with Crippen molar-refractivity contribution < 1.29 is 9.53 Å². The molecular formula is C18H27NO2. The number of aryl methyl sites for hydroxylation is 1. The summed E-state index contributed by atoms with van der Waals surface area (Å²) in [4.78, 5) is 14.4. The van der Waals surface area contributed by atoms with Gasteiger partial charge in [-0.05, 0) is 18.4 Å². The molecule has 0 atom stereocenters. The average molecular weight is 289 g/mol. The molecule has 1 aromatic rings. The van der Waals surface area contributed by atoms with Gasteiger partial charge in [-0.2, -0.15) is 0 Å². The summed E-state index contributed by atoms with van der Waals surface area (Å²) in [6.07, 6.45) is 6.26. The Morgan fingerprint density at radius 1 is 1.10 bits per heavy atom. The van der Waals surface area contributed by atoms with Gasteiger partial charge in [0.1, 0.15) is 0 Å². The number of ketones is 1. The Labute approximate surface area is 128 Å². The molecule has 1 aliphatic rings. The van der Waals surface area contributed by atoms with E-state index in [1.54, 1.807) is 0 Å². The molecule has 0 aliphatic carbocycles. The van der Waals surface area contributed by atoms with E-state index >= 15 is 0 Å². The maximum atomic E-state index is 12.2. The molecule has 1 aromatic carbocycles. The SMILES string of the molecule is CCCCCCc1ccc(C(=O)CN2CCOCC2)cc1. The standard InChI is InChI=1S/C18H27NO2/c1-2-3-4-5-6-16-7-9-17(10-8-16)18(20)15-19-11-13-21-14-12-19/h7-10H,2-6,11-15H2,1H3. The second-order valence-corrected chi connectivity index (χ2v) is 5.82. The molecule has 0 saturated carbocycles. The van der Waals surface area contributed by atoms with E-state index in [4.69, 9.17) is 4.74 Å². The molecule has 3 nitrogen and oxygen atoms in total. The summed E-state index contributed by atoms with van der Waals surface area (Å²) >= 11 is 0. The van der Waals surface area contributed by atoms with Crippen LogP contribution in [0.2, 0.25) is 0 Å². The Hall–Kier alpha value is -1.19. The first-order valence-electron chi connectivity index (χ1n) is 8.22. The molecule has 0 spiro atoms. The number of benzene rings is 1. The molecule has 1 heterocycles. The monoisotopic (exact) mass is 289 g/mol. The highest BCUT2D eigenvalue weighted by atomic mass is 16.5. The first-order chi connectivity index (χ1) is 10.3. The van der Waals surface area contributed by atoms with Crippen LogP contribution in [0, 0.1) is 0 Å². The van der Waals surface area contributed by atoms with Gasteiger partial charge >= 0.3 is 0 Å². The normalized spacial score (nSPS) is 16.0. The van der Waals surface area contributed by atoms with Crippen LogP contribution in [0.5, 0.6) is 0 Å². The number of morpholine rings is 1. The van der Waals surface area contributed by atoms with Gasteiger partial charge in [-0.15, -0.1) is 0 Å². The molecule has 1 saturated heterocycles. The summed E-state index contributed by atoms with van der Waals surface area (Å²) in [7, 11) is 0. The van der Waals surface area contributed by atoms with Gasteiger partial charge in [0.2, 0.25) is 0 Å². The molecule has 1 fully saturated rings. The Kier molecular flexibility index (Phi) is 6.90. The molecule has 0 unspecified atom stereocenters. The lowest BCUT2D eigenvalue weighted by Gasteiger charge is -2.25. The average Bonchev–Trinajstić information content (AvgIpc) is 2.53. The zero-order chi connectivity index (χ0) is 14.9. The van der Waals surface area contributed by atoms with Gasteiger partial charge in [0.25, 0.3) is 0 Å². The number of hydrogen-bond donors (Lipinski definition) is 0. The summed E-state index contributed by atoms with van der Waals surface area (Å²) < 4.78 is 5.30. The van der Waals surface area contributed by atoms with Crippen molar-refractivity contribution in [2.24, 2.45) is 0 Å². The van der Waals surface area contributed by atoms with E-state index in [0.717, 1.165) is 38.3 Å². The van der Waals surface area contributed by atoms with Gasteiger partial charge in [0, 0.05) is 18.7 Å². The minimum absolute atomic E-state index is 0.217. The fraction of sp³-hybridized carbons (Fsp3) is 0.611. The molecular weight excluding hydrogens is 262 g/mol. The van der Waals surface area contributed by atoms with E-state index < -0.39 is 0 Å². The van der Waals surface area contributed by atoms with Crippen molar-refractivity contribution in [2.75, 3.05) is 32.8 Å². The van der Waals surface area contributed by atoms with Crippen LogP contribution in [-0.4, -0.2) is 43.5 Å². The lowest BCUT2D eigenvalue weighted by Crippen LogP contribution is -2.39. The van der Waals surface area contributed by atoms with Crippen LogP contribution in [0.15, 0.2) is 24.3 Å². The molecule has 2 rings (SSSR count). The first-order valence-corrected chi connectivity index (χ1v) is 8.22. The van der Waals surface area contributed by atoms with Crippen molar-refractivity contribution in [3.05, 3.63) is 35.4 Å². The maximum absolute atomic E-state index is 12.2. The molecule has 21 heavy (non-hydrogen) atoms. The molecule has 0 bridgehead atoms. The Balaban J connectivity index is 1.78. The molecule has 1 aliphatic heterocycles. The second kappa shape index (κ2) is 8.96. The van der Waals surface area contributed by atoms with Gasteiger partial charge in [-0.1, -0.05) is 50.5 Å². The van der Waals surface area contributed by atoms with Crippen LogP contribution in [0.25, 0.3) is 0 Å². The van der Waals surface area contributed by atoms with Gasteiger partial charge in [-0.25, -0.2) is 0 Å². The number of hydrogen-bond acceptors (Lipinski definition) is 3. The van der Waals surface area contributed by atoms with Gasteiger partial charge < -0.3 is 4.74 Å². The molecule has 0 aromatic heterocycles. The van der Waals surface area contributed by atoms with Crippen molar-refractivity contribution in [2.45, 2.75) is 39.0 Å². The van der Waals surface area contributed by atoms with Crippen molar-refractivity contribution in [3.63, 3.8) is 0 Å². The lowest BCUT2D eigenvalue weighted by atomic mass is 10.0. The lowest BCUT2D eigenvalue weighted by molar-refractivity contribution is 0.0371. The second-order valence-electron chi connectivity index (χ2n) is 5.82. The third-order valence-corrected chi connectivity index (χ3v) is 4.07. The number of Topliss-reactive ketones (excluding diaryl/α,β-unsaturated/α-hetero) is 1. The van der Waals surface area contributed by atoms with Crippen LogP contribution in [-0.2, 0) is 11.2 Å². The van der Waals surface area contributed by atoms with Crippen molar-refractivity contribution in [1.82, 2.24) is 4.90 Å². The van der Waals surface area contributed by atoms with Crippen LogP contribution < -0.4 is 0 Å². The molecule has 0 radical (unpaired) electrons. The first kappa shape index (κ1) is 16.2. The molecule has 0 amide bonds. The van der Waals surface area contributed by atoms with Gasteiger partial charge in [0.05, 0.1) is 19.8 Å². The van der Waals surface area contributed by atoms with Gasteiger partial charge in [0.15, 0.2) is 5.78 Å². The Bertz CT molecular complexity index is 421. The summed E-state index contributed by atoms with van der Waals surface area (Å²) in [6, 6.07) is 8.19. The predicted octanol–water partition coefficient (Wildman–Crippen LogP) is 3.32. The van der Waals surface area contributed by atoms with Crippen LogP contribution in [0.4, 0.5) is 0 Å². The zero-order valence-electron chi connectivity index (χ0n) is 13.1. The number of ether oxygens (including phenoxy) is 1. The highest BCUT2D eigenvalue weighted by Gasteiger charge is 2.15. The summed E-state index contributed by atoms with van der Waals surface area (Å²) in [5.41, 5.74) is 2.17. The molecule has 0 N–H and O–H groups in total. The third kappa shape index (κ3) is 5.60. The molecule has 116 valence electrons.